The minimum absolute atomic E-state index is 0.0744. The molecule has 4 nitrogen and oxygen atoms in total. The van der Waals surface area contributed by atoms with E-state index in [2.05, 4.69) is 15.3 Å². The van der Waals surface area contributed by atoms with Crippen molar-refractivity contribution in [3.05, 3.63) is 65.6 Å². The summed E-state index contributed by atoms with van der Waals surface area (Å²) in [7, 11) is 0. The average molecular weight is 265 g/mol. The zero-order valence-corrected chi connectivity index (χ0v) is 11.2. The molecule has 0 aliphatic heterocycles. The number of aromatic amines is 1. The second-order valence-corrected chi connectivity index (χ2v) is 4.80. The highest BCUT2D eigenvalue weighted by atomic mass is 16.1. The number of aromatic nitrogens is 2. The number of benzene rings is 1. The Morgan fingerprint density at radius 3 is 3.00 bits per heavy atom. The van der Waals surface area contributed by atoms with Crippen LogP contribution >= 0.6 is 0 Å². The predicted octanol–water partition coefficient (Wildman–Crippen LogP) is 2.80. The van der Waals surface area contributed by atoms with Crippen LogP contribution in [0.15, 0.2) is 48.8 Å². The number of pyridine rings is 1. The van der Waals surface area contributed by atoms with Gasteiger partial charge in [0.05, 0.1) is 0 Å². The number of nitrogens with zero attached hydrogens (tertiary/aromatic N) is 1. The third-order valence-electron chi connectivity index (χ3n) is 3.19. The van der Waals surface area contributed by atoms with Gasteiger partial charge in [0.15, 0.2) is 0 Å². The fraction of sp³-hybridized carbons (Fsp3) is 0.125. The van der Waals surface area contributed by atoms with Crippen molar-refractivity contribution in [2.24, 2.45) is 0 Å². The molecule has 3 aromatic rings. The van der Waals surface area contributed by atoms with Gasteiger partial charge in [0.2, 0.25) is 0 Å². The third-order valence-corrected chi connectivity index (χ3v) is 3.19. The molecular weight excluding hydrogens is 250 g/mol. The number of nitrogens with one attached hydrogen (secondary N) is 2. The summed E-state index contributed by atoms with van der Waals surface area (Å²) in [4.78, 5) is 19.4. The molecule has 100 valence electrons. The lowest BCUT2D eigenvalue weighted by molar-refractivity contribution is 0.0951. The number of carbonyl (C=O) groups excluding carboxylic acids is 1. The summed E-state index contributed by atoms with van der Waals surface area (Å²) in [6.07, 6.45) is 3.46. The molecule has 0 saturated heterocycles. The molecule has 0 saturated carbocycles. The van der Waals surface area contributed by atoms with Gasteiger partial charge in [-0.3, -0.25) is 9.78 Å². The van der Waals surface area contributed by atoms with Gasteiger partial charge in [0.1, 0.15) is 0 Å². The number of amides is 1. The highest BCUT2D eigenvalue weighted by Gasteiger charge is 2.07. The molecule has 2 heterocycles. The van der Waals surface area contributed by atoms with Crippen molar-refractivity contribution >= 4 is 16.8 Å². The summed E-state index contributed by atoms with van der Waals surface area (Å²) in [5.74, 6) is -0.0744. The molecule has 2 aromatic heterocycles. The van der Waals surface area contributed by atoms with E-state index in [9.17, 15) is 4.79 Å². The number of H-pyrrole nitrogens is 1. The second kappa shape index (κ2) is 5.17. The minimum Gasteiger partial charge on any atom is -0.359 e. The monoisotopic (exact) mass is 265 g/mol. The van der Waals surface area contributed by atoms with Gasteiger partial charge in [-0.15, -0.1) is 0 Å². The number of rotatable bonds is 3. The fourth-order valence-electron chi connectivity index (χ4n) is 2.21. The van der Waals surface area contributed by atoms with Crippen LogP contribution in [0.2, 0.25) is 0 Å². The van der Waals surface area contributed by atoms with Crippen LogP contribution in [-0.4, -0.2) is 15.9 Å². The Morgan fingerprint density at radius 2 is 2.20 bits per heavy atom. The molecule has 3 rings (SSSR count). The van der Waals surface area contributed by atoms with Gasteiger partial charge in [0.25, 0.3) is 5.91 Å². The third kappa shape index (κ3) is 2.54. The normalized spacial score (nSPS) is 10.7. The first-order valence-corrected chi connectivity index (χ1v) is 6.49. The Labute approximate surface area is 116 Å². The first-order valence-electron chi connectivity index (χ1n) is 6.49. The number of hydrogen-bond donors (Lipinski definition) is 2. The highest BCUT2D eigenvalue weighted by molar-refractivity contribution is 5.98. The molecule has 1 aromatic carbocycles. The Morgan fingerprint density at radius 1 is 1.30 bits per heavy atom. The minimum atomic E-state index is -0.0744. The van der Waals surface area contributed by atoms with Gasteiger partial charge >= 0.3 is 0 Å². The largest absolute Gasteiger partial charge is 0.359 e. The summed E-state index contributed by atoms with van der Waals surface area (Å²) in [6.45, 7) is 2.49. The zero-order chi connectivity index (χ0) is 13.9. The first kappa shape index (κ1) is 12.4. The summed E-state index contributed by atoms with van der Waals surface area (Å²) in [6, 6.07) is 11.5. The molecular formula is C16H15N3O. The molecule has 2 N–H and O–H groups in total. The van der Waals surface area contributed by atoms with Gasteiger partial charge in [-0.05, 0) is 42.8 Å². The second-order valence-electron chi connectivity index (χ2n) is 4.80. The van der Waals surface area contributed by atoms with E-state index in [1.54, 1.807) is 12.4 Å². The molecule has 0 fully saturated rings. The van der Waals surface area contributed by atoms with Crippen molar-refractivity contribution in [1.29, 1.82) is 0 Å². The van der Waals surface area contributed by atoms with Crippen LogP contribution in [0.1, 0.15) is 21.6 Å². The van der Waals surface area contributed by atoms with E-state index in [4.69, 9.17) is 0 Å². The maximum Gasteiger partial charge on any atom is 0.251 e. The molecule has 0 atom stereocenters. The van der Waals surface area contributed by atoms with Crippen LogP contribution < -0.4 is 5.32 Å². The maximum absolute atomic E-state index is 12.1. The number of aryl methyl sites for hydroxylation is 1. The molecule has 0 radical (unpaired) electrons. The van der Waals surface area contributed by atoms with Crippen molar-refractivity contribution in [2.45, 2.75) is 13.5 Å². The van der Waals surface area contributed by atoms with Gasteiger partial charge in [-0.1, -0.05) is 6.07 Å². The van der Waals surface area contributed by atoms with Gasteiger partial charge in [-0.2, -0.15) is 0 Å². The van der Waals surface area contributed by atoms with Crippen LogP contribution in [0.5, 0.6) is 0 Å². The molecule has 1 amide bonds. The fourth-order valence-corrected chi connectivity index (χ4v) is 2.21. The summed E-state index contributed by atoms with van der Waals surface area (Å²) >= 11 is 0. The van der Waals surface area contributed by atoms with Crippen molar-refractivity contribution < 1.29 is 4.79 Å². The quantitative estimate of drug-likeness (QED) is 0.765. The van der Waals surface area contributed by atoms with E-state index in [0.29, 0.717) is 12.1 Å². The Balaban J connectivity index is 1.75. The SMILES string of the molecule is Cc1cc2cc(C(=O)NCc3cccnc3)ccc2[nH]1. The van der Waals surface area contributed by atoms with Crippen molar-refractivity contribution in [3.63, 3.8) is 0 Å². The van der Waals surface area contributed by atoms with E-state index in [1.807, 2.05) is 43.3 Å². The van der Waals surface area contributed by atoms with Crippen molar-refractivity contribution in [2.75, 3.05) is 0 Å². The highest BCUT2D eigenvalue weighted by Crippen LogP contribution is 2.16. The van der Waals surface area contributed by atoms with Crippen LogP contribution in [0.25, 0.3) is 10.9 Å². The molecule has 0 bridgehead atoms. The van der Waals surface area contributed by atoms with Crippen LogP contribution in [0.3, 0.4) is 0 Å². The standard InChI is InChI=1S/C16H15N3O/c1-11-7-14-8-13(4-5-15(14)19-11)16(20)18-10-12-3-2-6-17-9-12/h2-9,19H,10H2,1H3,(H,18,20). The predicted molar refractivity (Wildman–Crippen MR) is 78.4 cm³/mol. The van der Waals surface area contributed by atoms with E-state index < -0.39 is 0 Å². The average Bonchev–Trinajstić information content (AvgIpc) is 2.85. The smallest absolute Gasteiger partial charge is 0.251 e. The van der Waals surface area contributed by atoms with Crippen molar-refractivity contribution in [3.8, 4) is 0 Å². The summed E-state index contributed by atoms with van der Waals surface area (Å²) < 4.78 is 0. The molecule has 20 heavy (non-hydrogen) atoms. The lowest BCUT2D eigenvalue weighted by Crippen LogP contribution is -2.22. The number of fused-ring (bicyclic) bond motifs is 1. The molecule has 0 aliphatic rings. The molecule has 4 heteroatoms. The van der Waals surface area contributed by atoms with Gasteiger partial charge in [0, 0.05) is 41.1 Å². The van der Waals surface area contributed by atoms with Crippen LogP contribution in [0.4, 0.5) is 0 Å². The molecule has 0 unspecified atom stereocenters. The maximum atomic E-state index is 12.1. The van der Waals surface area contributed by atoms with E-state index in [1.165, 1.54) is 0 Å². The lowest BCUT2D eigenvalue weighted by Gasteiger charge is -2.05. The zero-order valence-electron chi connectivity index (χ0n) is 11.2. The summed E-state index contributed by atoms with van der Waals surface area (Å²) in [5.41, 5.74) is 3.79. The lowest BCUT2D eigenvalue weighted by atomic mass is 10.1. The van der Waals surface area contributed by atoms with E-state index >= 15 is 0 Å². The van der Waals surface area contributed by atoms with Crippen molar-refractivity contribution in [1.82, 2.24) is 15.3 Å². The topological polar surface area (TPSA) is 57.8 Å². The van der Waals surface area contributed by atoms with Gasteiger partial charge < -0.3 is 10.3 Å². The Bertz CT molecular complexity index is 747. The summed E-state index contributed by atoms with van der Waals surface area (Å²) in [5, 5.41) is 3.95. The van der Waals surface area contributed by atoms with Gasteiger partial charge in [-0.25, -0.2) is 0 Å². The molecule has 0 spiro atoms. The number of carbonyl (C=O) groups is 1. The number of hydrogen-bond acceptors (Lipinski definition) is 2. The Kier molecular flexibility index (Phi) is 3.21. The molecule has 0 aliphatic carbocycles. The first-order chi connectivity index (χ1) is 9.72. The Hall–Kier alpha value is -2.62. The van der Waals surface area contributed by atoms with Crippen LogP contribution in [-0.2, 0) is 6.54 Å². The van der Waals surface area contributed by atoms with Crippen LogP contribution in [0, 0.1) is 6.92 Å². The van der Waals surface area contributed by atoms with E-state index in [0.717, 1.165) is 22.2 Å². The van der Waals surface area contributed by atoms with E-state index in [-0.39, 0.29) is 5.91 Å².